The summed E-state index contributed by atoms with van der Waals surface area (Å²) in [5, 5.41) is -0.0294. The number of hydrogen-bond acceptors (Lipinski definition) is 4. The van der Waals surface area contributed by atoms with Crippen molar-refractivity contribution < 1.29 is 18.7 Å². The van der Waals surface area contributed by atoms with Crippen LogP contribution < -0.4 is 0 Å². The van der Waals surface area contributed by atoms with E-state index in [1.807, 2.05) is 0 Å². The fraction of sp³-hybridized carbons (Fsp3) is 0.409. The van der Waals surface area contributed by atoms with Crippen LogP contribution in [0.15, 0.2) is 47.1 Å². The van der Waals surface area contributed by atoms with Crippen LogP contribution in [-0.4, -0.2) is 41.2 Å². The third kappa shape index (κ3) is 6.82. The number of rotatable bonds is 6. The van der Waals surface area contributed by atoms with Gasteiger partial charge < -0.3 is 9.64 Å². The van der Waals surface area contributed by atoms with E-state index in [4.69, 9.17) is 16.3 Å². The van der Waals surface area contributed by atoms with E-state index in [1.54, 1.807) is 48.6 Å². The summed E-state index contributed by atoms with van der Waals surface area (Å²) in [7, 11) is 1.60. The lowest BCUT2D eigenvalue weighted by molar-refractivity contribution is -0.104. The quantitative estimate of drug-likeness (QED) is 0.260. The second kappa shape index (κ2) is 9.35. The molecule has 158 valence electrons. The van der Waals surface area contributed by atoms with Gasteiger partial charge in [-0.2, -0.15) is 0 Å². The minimum Gasteiger partial charge on any atom is -0.444 e. The number of ether oxygens (including phenoxy) is 1. The highest BCUT2D eigenvalue weighted by Gasteiger charge is 2.32. The summed E-state index contributed by atoms with van der Waals surface area (Å²) < 4.78 is 18.7. The summed E-state index contributed by atoms with van der Waals surface area (Å²) in [5.74, 6) is -0.533. The number of carbonyl (C=O) groups is 2. The summed E-state index contributed by atoms with van der Waals surface area (Å²) >= 11 is 5.81. The minimum atomic E-state index is -0.834. The standard InChI is InChI=1S/C22H28ClFN2O3/c1-14(22(6,7)26(8)20(28)29-21(3,4)5)11-17(13-27)25-15(2)16-9-10-19(24)18(23)12-16/h9-13H,1H2,2-8H3/b17-11-,25-15+. The Morgan fingerprint density at radius 2 is 1.86 bits per heavy atom. The Hall–Kier alpha value is -2.47. The van der Waals surface area contributed by atoms with Crippen molar-refractivity contribution in [2.75, 3.05) is 7.05 Å². The molecule has 0 aliphatic rings. The van der Waals surface area contributed by atoms with Crippen LogP contribution in [0, 0.1) is 5.82 Å². The van der Waals surface area contributed by atoms with Crippen molar-refractivity contribution in [2.24, 2.45) is 4.99 Å². The molecule has 1 amide bonds. The Morgan fingerprint density at radius 1 is 1.28 bits per heavy atom. The fourth-order valence-electron chi connectivity index (χ4n) is 2.20. The van der Waals surface area contributed by atoms with E-state index < -0.39 is 23.1 Å². The van der Waals surface area contributed by atoms with Crippen molar-refractivity contribution in [3.05, 3.63) is 58.5 Å². The maximum atomic E-state index is 13.3. The van der Waals surface area contributed by atoms with Gasteiger partial charge in [-0.25, -0.2) is 14.2 Å². The normalized spacial score (nSPS) is 13.1. The first-order chi connectivity index (χ1) is 13.2. The molecule has 0 unspecified atom stereocenters. The van der Waals surface area contributed by atoms with Gasteiger partial charge in [0.25, 0.3) is 0 Å². The van der Waals surface area contributed by atoms with Crippen LogP contribution in [0.1, 0.15) is 47.1 Å². The average molecular weight is 423 g/mol. The lowest BCUT2D eigenvalue weighted by Crippen LogP contribution is -2.48. The van der Waals surface area contributed by atoms with Gasteiger partial charge in [0.05, 0.1) is 10.6 Å². The first kappa shape index (κ1) is 24.6. The van der Waals surface area contributed by atoms with Crippen molar-refractivity contribution in [3.8, 4) is 0 Å². The van der Waals surface area contributed by atoms with Gasteiger partial charge in [-0.15, -0.1) is 0 Å². The van der Waals surface area contributed by atoms with Crippen LogP contribution >= 0.6 is 11.6 Å². The van der Waals surface area contributed by atoms with Crippen LogP contribution in [0.2, 0.25) is 5.02 Å². The largest absolute Gasteiger partial charge is 0.444 e. The number of allylic oxidation sites excluding steroid dienone is 1. The predicted molar refractivity (Wildman–Crippen MR) is 115 cm³/mol. The molecule has 0 heterocycles. The Balaban J connectivity index is 3.13. The molecule has 7 heteroatoms. The van der Waals surface area contributed by atoms with Crippen molar-refractivity contribution in [1.29, 1.82) is 0 Å². The minimum absolute atomic E-state index is 0.0294. The number of halogens is 2. The topological polar surface area (TPSA) is 59.0 Å². The van der Waals surface area contributed by atoms with Crippen molar-refractivity contribution in [2.45, 2.75) is 52.7 Å². The lowest BCUT2D eigenvalue weighted by Gasteiger charge is -2.37. The molecule has 0 saturated heterocycles. The fourth-order valence-corrected chi connectivity index (χ4v) is 2.38. The van der Waals surface area contributed by atoms with E-state index in [-0.39, 0.29) is 10.7 Å². The number of nitrogens with zero attached hydrogens (tertiary/aromatic N) is 2. The van der Waals surface area contributed by atoms with Gasteiger partial charge in [0.1, 0.15) is 17.1 Å². The molecule has 0 aliphatic carbocycles. The number of aliphatic imine (C=N–C) groups is 1. The molecule has 0 fully saturated rings. The maximum absolute atomic E-state index is 13.3. The second-order valence-corrected chi connectivity index (χ2v) is 8.54. The molecule has 0 spiro atoms. The monoisotopic (exact) mass is 422 g/mol. The Bertz CT molecular complexity index is 867. The van der Waals surface area contributed by atoms with Crippen LogP contribution in [0.25, 0.3) is 0 Å². The maximum Gasteiger partial charge on any atom is 0.410 e. The first-order valence-electron chi connectivity index (χ1n) is 9.03. The third-order valence-corrected chi connectivity index (χ3v) is 4.66. The van der Waals surface area contributed by atoms with E-state index in [2.05, 4.69) is 11.6 Å². The molecule has 0 N–H and O–H groups in total. The van der Waals surface area contributed by atoms with Crippen LogP contribution in [0.3, 0.4) is 0 Å². The van der Waals surface area contributed by atoms with Gasteiger partial charge in [0.2, 0.25) is 0 Å². The first-order valence-corrected chi connectivity index (χ1v) is 9.40. The lowest BCUT2D eigenvalue weighted by atomic mass is 9.93. The molecular weight excluding hydrogens is 395 g/mol. The summed E-state index contributed by atoms with van der Waals surface area (Å²) in [6.07, 6.45) is 1.58. The number of hydrogen-bond donors (Lipinski definition) is 0. The molecule has 1 rings (SSSR count). The molecule has 1 aromatic rings. The smallest absolute Gasteiger partial charge is 0.410 e. The summed E-state index contributed by atoms with van der Waals surface area (Å²) in [6, 6.07) is 4.20. The Labute approximate surface area is 176 Å². The van der Waals surface area contributed by atoms with E-state index in [0.717, 1.165) is 0 Å². The number of carbonyl (C=O) groups excluding carboxylic acids is 2. The van der Waals surface area contributed by atoms with Gasteiger partial charge in [-0.1, -0.05) is 24.2 Å². The second-order valence-electron chi connectivity index (χ2n) is 8.14. The highest BCUT2D eigenvalue weighted by Crippen LogP contribution is 2.26. The molecular formula is C22H28ClFN2O3. The molecule has 0 aliphatic heterocycles. The van der Waals surface area contributed by atoms with Crippen LogP contribution in [0.4, 0.5) is 9.18 Å². The predicted octanol–water partition coefficient (Wildman–Crippen LogP) is 5.57. The molecule has 0 bridgehead atoms. The zero-order chi connectivity index (χ0) is 22.6. The number of likely N-dealkylation sites (N-methyl/N-ethyl adjacent to an activating group) is 1. The highest BCUT2D eigenvalue weighted by molar-refractivity contribution is 6.31. The number of benzene rings is 1. The van der Waals surface area contributed by atoms with Crippen molar-refractivity contribution in [1.82, 2.24) is 4.90 Å². The summed E-state index contributed by atoms with van der Waals surface area (Å²) in [4.78, 5) is 29.6. The molecule has 5 nitrogen and oxygen atoms in total. The SMILES string of the molecule is C=C(/C=C(C=O)\N=C(/C)c1ccc(F)c(Cl)c1)C(C)(C)N(C)C(=O)OC(C)(C)C. The van der Waals surface area contributed by atoms with Gasteiger partial charge in [0.15, 0.2) is 6.29 Å². The van der Waals surface area contributed by atoms with Gasteiger partial charge >= 0.3 is 6.09 Å². The summed E-state index contributed by atoms with van der Waals surface area (Å²) in [6.45, 7) is 14.6. The zero-order valence-corrected chi connectivity index (χ0v) is 18.7. The highest BCUT2D eigenvalue weighted by atomic mass is 35.5. The molecule has 0 saturated carbocycles. The average Bonchev–Trinajstić information content (AvgIpc) is 2.60. The van der Waals surface area contributed by atoms with Crippen molar-refractivity contribution >= 4 is 29.7 Å². The van der Waals surface area contributed by atoms with Gasteiger partial charge in [-0.3, -0.25) is 4.79 Å². The number of aldehydes is 1. The Morgan fingerprint density at radius 3 is 2.34 bits per heavy atom. The molecule has 1 aromatic carbocycles. The van der Waals surface area contributed by atoms with E-state index in [1.165, 1.54) is 29.2 Å². The molecule has 0 atom stereocenters. The number of amides is 1. The van der Waals surface area contributed by atoms with Gasteiger partial charge in [-0.05, 0) is 70.9 Å². The molecule has 0 aromatic heterocycles. The van der Waals surface area contributed by atoms with Crippen molar-refractivity contribution in [3.63, 3.8) is 0 Å². The van der Waals surface area contributed by atoms with Gasteiger partial charge in [0, 0.05) is 12.8 Å². The third-order valence-electron chi connectivity index (χ3n) is 4.37. The van der Waals surface area contributed by atoms with E-state index >= 15 is 0 Å². The zero-order valence-electron chi connectivity index (χ0n) is 18.0. The molecule has 0 radical (unpaired) electrons. The summed E-state index contributed by atoms with van der Waals surface area (Å²) in [5.41, 5.74) is 0.195. The van der Waals surface area contributed by atoms with Crippen LogP contribution in [-0.2, 0) is 9.53 Å². The Kier molecular flexibility index (Phi) is 7.92. The van der Waals surface area contributed by atoms with E-state index in [0.29, 0.717) is 23.1 Å². The van der Waals surface area contributed by atoms with E-state index in [9.17, 15) is 14.0 Å². The van der Waals surface area contributed by atoms with Crippen LogP contribution in [0.5, 0.6) is 0 Å². The molecule has 29 heavy (non-hydrogen) atoms.